The minimum atomic E-state index is 0.0205. The first kappa shape index (κ1) is 15.8. The predicted molar refractivity (Wildman–Crippen MR) is 93.7 cm³/mol. The monoisotopic (exact) mass is 343 g/mol. The molecule has 0 aliphatic rings. The van der Waals surface area contributed by atoms with Gasteiger partial charge in [0.05, 0.1) is 17.2 Å². The molecule has 2 heterocycles. The average Bonchev–Trinajstić information content (AvgIpc) is 3.16. The van der Waals surface area contributed by atoms with E-state index in [0.29, 0.717) is 13.1 Å². The summed E-state index contributed by atoms with van der Waals surface area (Å²) in [5.74, 6) is 0.0205. The lowest BCUT2D eigenvalue weighted by atomic mass is 10.2. The number of aryl methyl sites for hydroxylation is 2. The molecule has 4 nitrogen and oxygen atoms in total. The van der Waals surface area contributed by atoms with Gasteiger partial charge in [-0.2, -0.15) is 0 Å². The van der Waals surface area contributed by atoms with Crippen molar-refractivity contribution in [2.45, 2.75) is 26.9 Å². The van der Waals surface area contributed by atoms with Crippen LogP contribution in [-0.2, 0) is 13.1 Å². The minimum absolute atomic E-state index is 0.0205. The SMILES string of the molecule is Cc1nc(C)c(C(=O)N(Cc2ccccc2)Cc2nccs2)s1. The molecule has 0 bridgehead atoms. The molecule has 2 aromatic heterocycles. The zero-order valence-corrected chi connectivity index (χ0v) is 14.7. The van der Waals surface area contributed by atoms with Crippen molar-refractivity contribution in [3.8, 4) is 0 Å². The third-order valence-electron chi connectivity index (χ3n) is 3.41. The number of hydrogen-bond donors (Lipinski definition) is 0. The molecule has 0 saturated carbocycles. The Labute approximate surface area is 143 Å². The number of benzene rings is 1. The maximum absolute atomic E-state index is 13.0. The molecule has 1 amide bonds. The number of aromatic nitrogens is 2. The molecule has 3 rings (SSSR count). The van der Waals surface area contributed by atoms with Crippen LogP contribution in [0.4, 0.5) is 0 Å². The Hall–Kier alpha value is -2.05. The van der Waals surface area contributed by atoms with Crippen molar-refractivity contribution in [2.24, 2.45) is 0 Å². The van der Waals surface area contributed by atoms with Gasteiger partial charge >= 0.3 is 0 Å². The highest BCUT2D eigenvalue weighted by Gasteiger charge is 2.22. The normalized spacial score (nSPS) is 10.7. The van der Waals surface area contributed by atoms with Crippen LogP contribution in [0.1, 0.15) is 30.9 Å². The number of rotatable bonds is 5. The summed E-state index contributed by atoms with van der Waals surface area (Å²) in [5, 5.41) is 3.79. The van der Waals surface area contributed by atoms with Gasteiger partial charge in [-0.3, -0.25) is 4.79 Å². The van der Waals surface area contributed by atoms with Crippen LogP contribution in [-0.4, -0.2) is 20.8 Å². The summed E-state index contributed by atoms with van der Waals surface area (Å²) >= 11 is 3.02. The number of thiazole rings is 2. The average molecular weight is 343 g/mol. The van der Waals surface area contributed by atoms with E-state index in [1.165, 1.54) is 11.3 Å². The van der Waals surface area contributed by atoms with Gasteiger partial charge in [-0.1, -0.05) is 30.3 Å². The van der Waals surface area contributed by atoms with Crippen molar-refractivity contribution in [3.63, 3.8) is 0 Å². The van der Waals surface area contributed by atoms with Gasteiger partial charge in [0.2, 0.25) is 0 Å². The molecular weight excluding hydrogens is 326 g/mol. The Morgan fingerprint density at radius 2 is 1.96 bits per heavy atom. The van der Waals surface area contributed by atoms with Crippen molar-refractivity contribution in [3.05, 3.63) is 68.1 Å². The summed E-state index contributed by atoms with van der Waals surface area (Å²) < 4.78 is 0. The zero-order valence-electron chi connectivity index (χ0n) is 13.0. The second-order valence-electron chi connectivity index (χ2n) is 5.22. The molecule has 6 heteroatoms. The van der Waals surface area contributed by atoms with E-state index in [0.717, 1.165) is 26.1 Å². The first-order valence-electron chi connectivity index (χ1n) is 7.29. The van der Waals surface area contributed by atoms with Crippen LogP contribution in [0.2, 0.25) is 0 Å². The van der Waals surface area contributed by atoms with Gasteiger partial charge in [0.25, 0.3) is 5.91 Å². The molecule has 0 N–H and O–H groups in total. The fraction of sp³-hybridized carbons (Fsp3) is 0.235. The van der Waals surface area contributed by atoms with E-state index in [1.54, 1.807) is 17.5 Å². The summed E-state index contributed by atoms with van der Waals surface area (Å²) in [6.45, 7) is 4.90. The van der Waals surface area contributed by atoms with E-state index in [4.69, 9.17) is 0 Å². The molecule has 0 unspecified atom stereocenters. The minimum Gasteiger partial charge on any atom is -0.327 e. The van der Waals surface area contributed by atoms with E-state index in [2.05, 4.69) is 9.97 Å². The van der Waals surface area contributed by atoms with Gasteiger partial charge in [-0.25, -0.2) is 9.97 Å². The van der Waals surface area contributed by atoms with Crippen molar-refractivity contribution >= 4 is 28.6 Å². The second-order valence-corrected chi connectivity index (χ2v) is 7.40. The Balaban J connectivity index is 1.87. The molecule has 0 aliphatic heterocycles. The molecule has 23 heavy (non-hydrogen) atoms. The standard InChI is InChI=1S/C17H17N3OS2/c1-12-16(23-13(2)19-12)17(21)20(11-15-18-8-9-22-15)10-14-6-4-3-5-7-14/h3-9H,10-11H2,1-2H3. The van der Waals surface area contributed by atoms with Gasteiger partial charge in [0.1, 0.15) is 9.88 Å². The molecule has 0 spiro atoms. The number of hydrogen-bond acceptors (Lipinski definition) is 5. The molecule has 0 saturated heterocycles. The Kier molecular flexibility index (Phi) is 4.83. The number of nitrogens with zero attached hydrogens (tertiary/aromatic N) is 3. The van der Waals surface area contributed by atoms with Crippen molar-refractivity contribution in [1.29, 1.82) is 0 Å². The fourth-order valence-electron chi connectivity index (χ4n) is 2.37. The summed E-state index contributed by atoms with van der Waals surface area (Å²) in [7, 11) is 0. The van der Waals surface area contributed by atoms with Crippen LogP contribution in [0.3, 0.4) is 0 Å². The molecule has 1 aromatic carbocycles. The van der Waals surface area contributed by atoms with Crippen molar-refractivity contribution in [2.75, 3.05) is 0 Å². The quantitative estimate of drug-likeness (QED) is 0.702. The van der Waals surface area contributed by atoms with Crippen LogP contribution < -0.4 is 0 Å². The lowest BCUT2D eigenvalue weighted by Crippen LogP contribution is -2.30. The maximum atomic E-state index is 13.0. The Morgan fingerprint density at radius 1 is 1.17 bits per heavy atom. The first-order chi connectivity index (χ1) is 11.1. The fourth-order valence-corrected chi connectivity index (χ4v) is 3.89. The summed E-state index contributed by atoms with van der Waals surface area (Å²) in [5.41, 5.74) is 1.91. The lowest BCUT2D eigenvalue weighted by molar-refractivity contribution is 0.0734. The second kappa shape index (κ2) is 7.02. The topological polar surface area (TPSA) is 46.1 Å². The van der Waals surface area contributed by atoms with E-state index < -0.39 is 0 Å². The van der Waals surface area contributed by atoms with Gasteiger partial charge < -0.3 is 4.90 Å². The van der Waals surface area contributed by atoms with Crippen LogP contribution in [0.15, 0.2) is 41.9 Å². The smallest absolute Gasteiger partial charge is 0.266 e. The molecule has 3 aromatic rings. The highest BCUT2D eigenvalue weighted by molar-refractivity contribution is 7.13. The lowest BCUT2D eigenvalue weighted by Gasteiger charge is -2.21. The molecule has 0 aliphatic carbocycles. The summed E-state index contributed by atoms with van der Waals surface area (Å²) in [6, 6.07) is 10.0. The van der Waals surface area contributed by atoms with Crippen LogP contribution in [0.25, 0.3) is 0 Å². The molecule has 0 fully saturated rings. The highest BCUT2D eigenvalue weighted by Crippen LogP contribution is 2.22. The summed E-state index contributed by atoms with van der Waals surface area (Å²) in [6.07, 6.45) is 1.77. The van der Waals surface area contributed by atoms with E-state index in [9.17, 15) is 4.79 Å². The molecular formula is C17H17N3OS2. The third kappa shape index (κ3) is 3.83. The van der Waals surface area contributed by atoms with E-state index in [-0.39, 0.29) is 5.91 Å². The number of carbonyl (C=O) groups is 1. The third-order valence-corrected chi connectivity index (χ3v) is 5.24. The highest BCUT2D eigenvalue weighted by atomic mass is 32.1. The Bertz CT molecular complexity index is 782. The first-order valence-corrected chi connectivity index (χ1v) is 8.98. The zero-order chi connectivity index (χ0) is 16.2. The van der Waals surface area contributed by atoms with Crippen LogP contribution in [0, 0.1) is 13.8 Å². The van der Waals surface area contributed by atoms with E-state index >= 15 is 0 Å². The molecule has 118 valence electrons. The van der Waals surface area contributed by atoms with Gasteiger partial charge in [-0.05, 0) is 19.4 Å². The van der Waals surface area contributed by atoms with Crippen molar-refractivity contribution in [1.82, 2.24) is 14.9 Å². The number of carbonyl (C=O) groups excluding carboxylic acids is 1. The Morgan fingerprint density at radius 3 is 2.57 bits per heavy atom. The van der Waals surface area contributed by atoms with Gasteiger partial charge in [0.15, 0.2) is 0 Å². The van der Waals surface area contributed by atoms with Gasteiger partial charge in [0, 0.05) is 18.1 Å². The number of amides is 1. The molecule has 0 atom stereocenters. The van der Waals surface area contributed by atoms with Crippen LogP contribution >= 0.6 is 22.7 Å². The van der Waals surface area contributed by atoms with Crippen molar-refractivity contribution < 1.29 is 4.79 Å². The predicted octanol–water partition coefficient (Wildman–Crippen LogP) is 4.06. The molecule has 0 radical (unpaired) electrons. The largest absolute Gasteiger partial charge is 0.327 e. The summed E-state index contributed by atoms with van der Waals surface area (Å²) in [4.78, 5) is 24.2. The van der Waals surface area contributed by atoms with Gasteiger partial charge in [-0.15, -0.1) is 22.7 Å². The van der Waals surface area contributed by atoms with E-state index in [1.807, 2.05) is 54.5 Å². The maximum Gasteiger partial charge on any atom is 0.266 e. The van der Waals surface area contributed by atoms with Crippen LogP contribution in [0.5, 0.6) is 0 Å².